The average molecular weight is 425 g/mol. The fourth-order valence-corrected chi connectivity index (χ4v) is 2.61. The number of ether oxygens (including phenoxy) is 3. The summed E-state index contributed by atoms with van der Waals surface area (Å²) in [7, 11) is 2.90. The van der Waals surface area contributed by atoms with Crippen molar-refractivity contribution < 1.29 is 23.8 Å². The van der Waals surface area contributed by atoms with Crippen LogP contribution in [0.25, 0.3) is 0 Å². The van der Waals surface area contributed by atoms with Gasteiger partial charge in [-0.1, -0.05) is 18.2 Å². The minimum Gasteiger partial charge on any atom is -0.497 e. The Morgan fingerprint density at radius 2 is 1.90 bits per heavy atom. The largest absolute Gasteiger partial charge is 0.497 e. The highest BCUT2D eigenvalue weighted by atomic mass is 16.5. The minimum absolute atomic E-state index is 0.177. The lowest BCUT2D eigenvalue weighted by Crippen LogP contribution is -2.21. The van der Waals surface area contributed by atoms with E-state index in [1.165, 1.54) is 19.5 Å². The van der Waals surface area contributed by atoms with Gasteiger partial charge in [0.15, 0.2) is 0 Å². The maximum absolute atomic E-state index is 12.3. The van der Waals surface area contributed by atoms with Crippen molar-refractivity contribution in [3.63, 3.8) is 0 Å². The van der Waals surface area contributed by atoms with Crippen LogP contribution in [0, 0.1) is 0 Å². The molecule has 1 unspecified atom stereocenters. The summed E-state index contributed by atoms with van der Waals surface area (Å²) < 4.78 is 15.1. The highest BCUT2D eigenvalue weighted by Crippen LogP contribution is 2.16. The fourth-order valence-electron chi connectivity index (χ4n) is 2.61. The van der Waals surface area contributed by atoms with Crippen LogP contribution >= 0.6 is 0 Å². The molecule has 164 valence electrons. The SMILES string of the molecule is CCOC(=O)C(/C=C/N/C(=C/NCc1ccc(OC)cc1)C(=O)OC)c1ccccn1. The molecule has 0 saturated heterocycles. The van der Waals surface area contributed by atoms with Crippen molar-refractivity contribution in [3.8, 4) is 5.75 Å². The highest BCUT2D eigenvalue weighted by molar-refractivity contribution is 5.87. The van der Waals surface area contributed by atoms with Gasteiger partial charge in [-0.05, 0) is 49.0 Å². The van der Waals surface area contributed by atoms with Gasteiger partial charge in [-0.15, -0.1) is 0 Å². The Labute approximate surface area is 181 Å². The molecule has 0 aliphatic carbocycles. The number of hydrogen-bond donors (Lipinski definition) is 2. The highest BCUT2D eigenvalue weighted by Gasteiger charge is 2.20. The number of hydrogen-bond acceptors (Lipinski definition) is 8. The smallest absolute Gasteiger partial charge is 0.355 e. The van der Waals surface area contributed by atoms with E-state index in [-0.39, 0.29) is 12.3 Å². The molecule has 0 radical (unpaired) electrons. The van der Waals surface area contributed by atoms with E-state index in [2.05, 4.69) is 15.6 Å². The van der Waals surface area contributed by atoms with Crippen LogP contribution in [0.4, 0.5) is 0 Å². The molecule has 1 aromatic heterocycles. The van der Waals surface area contributed by atoms with Gasteiger partial charge >= 0.3 is 11.9 Å². The number of nitrogens with zero attached hydrogens (tertiary/aromatic N) is 1. The summed E-state index contributed by atoms with van der Waals surface area (Å²) in [6, 6.07) is 12.8. The van der Waals surface area contributed by atoms with Gasteiger partial charge in [-0.25, -0.2) is 4.79 Å². The molecule has 1 aromatic carbocycles. The van der Waals surface area contributed by atoms with Gasteiger partial charge in [0.05, 0.1) is 26.5 Å². The Hall–Kier alpha value is -3.81. The Morgan fingerprint density at radius 3 is 2.52 bits per heavy atom. The van der Waals surface area contributed by atoms with Crippen LogP contribution in [0.5, 0.6) is 5.75 Å². The standard InChI is InChI=1S/C23H27N3O5/c1-4-31-22(27)19(20-7-5-6-13-25-20)12-14-26-21(23(28)30-3)16-24-15-17-8-10-18(29-2)11-9-17/h5-14,16,19,24,26H,4,15H2,1-3H3/b14-12+,21-16+. The van der Waals surface area contributed by atoms with Crippen LogP contribution in [-0.2, 0) is 25.6 Å². The van der Waals surface area contributed by atoms with Crippen molar-refractivity contribution >= 4 is 11.9 Å². The summed E-state index contributed by atoms with van der Waals surface area (Å²) in [5.74, 6) is -0.928. The third-order valence-electron chi connectivity index (χ3n) is 4.19. The van der Waals surface area contributed by atoms with E-state index in [0.29, 0.717) is 12.2 Å². The van der Waals surface area contributed by atoms with Gasteiger partial charge in [0.1, 0.15) is 17.4 Å². The van der Waals surface area contributed by atoms with E-state index >= 15 is 0 Å². The molecule has 1 atom stereocenters. The Balaban J connectivity index is 2.07. The second kappa shape index (κ2) is 12.7. The molecule has 8 nitrogen and oxygen atoms in total. The van der Waals surface area contributed by atoms with Crippen LogP contribution in [0.2, 0.25) is 0 Å². The zero-order valence-corrected chi connectivity index (χ0v) is 17.8. The Kier molecular flexibility index (Phi) is 9.61. The summed E-state index contributed by atoms with van der Waals surface area (Å²) in [4.78, 5) is 28.6. The fraction of sp³-hybridized carbons (Fsp3) is 0.261. The topological polar surface area (TPSA) is 98.8 Å². The first-order chi connectivity index (χ1) is 15.1. The second-order valence-electron chi connectivity index (χ2n) is 6.27. The molecule has 2 rings (SSSR count). The van der Waals surface area contributed by atoms with Crippen molar-refractivity contribution in [2.45, 2.75) is 19.4 Å². The Bertz CT molecular complexity index is 895. The molecular weight excluding hydrogens is 398 g/mol. The lowest BCUT2D eigenvalue weighted by molar-refractivity contribution is -0.143. The quantitative estimate of drug-likeness (QED) is 0.419. The van der Waals surface area contributed by atoms with Gasteiger partial charge in [0.25, 0.3) is 0 Å². The van der Waals surface area contributed by atoms with E-state index in [1.54, 1.807) is 44.5 Å². The number of rotatable bonds is 11. The third kappa shape index (κ3) is 7.50. The lowest BCUT2D eigenvalue weighted by Gasteiger charge is -2.12. The number of pyridine rings is 1. The number of nitrogens with one attached hydrogen (secondary N) is 2. The summed E-state index contributed by atoms with van der Waals surface area (Å²) in [5, 5.41) is 5.92. The van der Waals surface area contributed by atoms with Crippen molar-refractivity contribution in [3.05, 3.63) is 84.1 Å². The first-order valence-electron chi connectivity index (χ1n) is 9.74. The van der Waals surface area contributed by atoms with E-state index in [1.807, 2.05) is 24.3 Å². The molecule has 0 spiro atoms. The van der Waals surface area contributed by atoms with Crippen molar-refractivity contribution in [1.29, 1.82) is 0 Å². The first-order valence-corrected chi connectivity index (χ1v) is 9.74. The van der Waals surface area contributed by atoms with Gasteiger partial charge in [-0.2, -0.15) is 0 Å². The van der Waals surface area contributed by atoms with Crippen LogP contribution in [-0.4, -0.2) is 37.7 Å². The average Bonchev–Trinajstić information content (AvgIpc) is 2.81. The molecule has 0 bridgehead atoms. The number of aromatic nitrogens is 1. The lowest BCUT2D eigenvalue weighted by atomic mass is 10.1. The normalized spacial score (nSPS) is 12.2. The summed E-state index contributed by atoms with van der Waals surface area (Å²) in [5.41, 5.74) is 1.73. The van der Waals surface area contributed by atoms with Crippen LogP contribution in [0.15, 0.2) is 72.8 Å². The van der Waals surface area contributed by atoms with Crippen LogP contribution in [0.1, 0.15) is 24.1 Å². The molecule has 0 aliphatic rings. The monoisotopic (exact) mass is 425 g/mol. The summed E-state index contributed by atoms with van der Waals surface area (Å²) >= 11 is 0. The molecule has 2 aromatic rings. The second-order valence-corrected chi connectivity index (χ2v) is 6.27. The molecule has 0 fully saturated rings. The molecule has 1 heterocycles. The predicted octanol–water partition coefficient (Wildman–Crippen LogP) is 2.64. The van der Waals surface area contributed by atoms with Crippen LogP contribution < -0.4 is 15.4 Å². The maximum Gasteiger partial charge on any atom is 0.355 e. The first kappa shape index (κ1) is 23.5. The van der Waals surface area contributed by atoms with Gasteiger partial charge < -0.3 is 24.8 Å². The van der Waals surface area contributed by atoms with E-state index < -0.39 is 17.9 Å². The third-order valence-corrected chi connectivity index (χ3v) is 4.19. The number of carbonyl (C=O) groups is 2. The van der Waals surface area contributed by atoms with Crippen LogP contribution in [0.3, 0.4) is 0 Å². The maximum atomic E-state index is 12.3. The molecule has 31 heavy (non-hydrogen) atoms. The van der Waals surface area contributed by atoms with E-state index in [0.717, 1.165) is 11.3 Å². The number of carbonyl (C=O) groups excluding carboxylic acids is 2. The van der Waals surface area contributed by atoms with Gasteiger partial charge in [0, 0.05) is 18.9 Å². The predicted molar refractivity (Wildman–Crippen MR) is 116 cm³/mol. The van der Waals surface area contributed by atoms with Gasteiger partial charge in [0.2, 0.25) is 0 Å². The molecule has 0 amide bonds. The molecule has 0 aliphatic heterocycles. The van der Waals surface area contributed by atoms with Crippen molar-refractivity contribution in [2.75, 3.05) is 20.8 Å². The zero-order valence-electron chi connectivity index (χ0n) is 17.8. The molecular formula is C23H27N3O5. The van der Waals surface area contributed by atoms with Crippen molar-refractivity contribution in [1.82, 2.24) is 15.6 Å². The van der Waals surface area contributed by atoms with Gasteiger partial charge in [-0.3, -0.25) is 9.78 Å². The molecule has 2 N–H and O–H groups in total. The number of methoxy groups -OCH3 is 2. The zero-order chi connectivity index (χ0) is 22.5. The number of esters is 2. The summed E-state index contributed by atoms with van der Waals surface area (Å²) in [6.07, 6.45) is 6.20. The Morgan fingerprint density at radius 1 is 1.13 bits per heavy atom. The molecule has 8 heteroatoms. The van der Waals surface area contributed by atoms with E-state index in [4.69, 9.17) is 14.2 Å². The number of benzene rings is 1. The summed E-state index contributed by atoms with van der Waals surface area (Å²) in [6.45, 7) is 2.49. The van der Waals surface area contributed by atoms with Crippen molar-refractivity contribution in [2.24, 2.45) is 0 Å². The minimum atomic E-state index is -0.709. The molecule has 0 saturated carbocycles. The van der Waals surface area contributed by atoms with E-state index in [9.17, 15) is 9.59 Å².